The standard InChI is InChI=1S/C21H20N2O6/c1-13(24)14-4-8-17(9-5-14)29-18(25)12-23-19(26)21(2,22-20(23)27)15-6-10-16(28-3)11-7-15/h4-11H,12H2,1-3H3,(H,22,27)/t21-/m1/s1. The molecule has 1 saturated heterocycles. The predicted molar refractivity (Wildman–Crippen MR) is 103 cm³/mol. The first-order valence-electron chi connectivity index (χ1n) is 8.85. The van der Waals surface area contributed by atoms with Gasteiger partial charge in [0.15, 0.2) is 5.78 Å². The molecule has 2 aromatic carbocycles. The number of carbonyl (C=O) groups is 4. The summed E-state index contributed by atoms with van der Waals surface area (Å²) in [5.41, 5.74) is -0.256. The van der Waals surface area contributed by atoms with Crippen molar-refractivity contribution in [2.75, 3.05) is 13.7 Å². The first-order chi connectivity index (χ1) is 13.7. The third kappa shape index (κ3) is 3.96. The molecule has 0 saturated carbocycles. The van der Waals surface area contributed by atoms with Gasteiger partial charge in [0.05, 0.1) is 7.11 Å². The highest BCUT2D eigenvalue weighted by Crippen LogP contribution is 2.30. The number of nitrogens with zero attached hydrogens (tertiary/aromatic N) is 1. The Morgan fingerprint density at radius 3 is 2.14 bits per heavy atom. The fourth-order valence-electron chi connectivity index (χ4n) is 3.01. The molecule has 1 aliphatic heterocycles. The van der Waals surface area contributed by atoms with Gasteiger partial charge in [-0.1, -0.05) is 12.1 Å². The number of benzene rings is 2. The summed E-state index contributed by atoms with van der Waals surface area (Å²) >= 11 is 0. The Kier molecular flexibility index (Phi) is 5.36. The highest BCUT2D eigenvalue weighted by molar-refractivity contribution is 6.09. The van der Waals surface area contributed by atoms with Crippen LogP contribution in [0.4, 0.5) is 4.79 Å². The summed E-state index contributed by atoms with van der Waals surface area (Å²) in [6.45, 7) is 2.46. The van der Waals surface area contributed by atoms with Gasteiger partial charge in [0.2, 0.25) is 0 Å². The Morgan fingerprint density at radius 2 is 1.59 bits per heavy atom. The SMILES string of the molecule is COc1ccc([C@@]2(C)NC(=O)N(CC(=O)Oc3ccc(C(C)=O)cc3)C2=O)cc1. The molecule has 29 heavy (non-hydrogen) atoms. The number of ether oxygens (including phenoxy) is 2. The number of urea groups is 1. The lowest BCUT2D eigenvalue weighted by Gasteiger charge is -2.22. The topological polar surface area (TPSA) is 102 Å². The number of methoxy groups -OCH3 is 1. The van der Waals surface area contributed by atoms with Gasteiger partial charge in [-0.15, -0.1) is 0 Å². The second kappa shape index (κ2) is 7.75. The van der Waals surface area contributed by atoms with Crippen LogP contribution in [0.2, 0.25) is 0 Å². The molecule has 2 aromatic rings. The number of rotatable bonds is 6. The Labute approximate surface area is 167 Å². The maximum absolute atomic E-state index is 12.9. The van der Waals surface area contributed by atoms with E-state index >= 15 is 0 Å². The van der Waals surface area contributed by atoms with Gasteiger partial charge in [-0.3, -0.25) is 14.5 Å². The van der Waals surface area contributed by atoms with Crippen LogP contribution in [0, 0.1) is 0 Å². The fourth-order valence-corrected chi connectivity index (χ4v) is 3.01. The Bertz CT molecular complexity index is 968. The van der Waals surface area contributed by atoms with E-state index in [4.69, 9.17) is 9.47 Å². The van der Waals surface area contributed by atoms with Gasteiger partial charge < -0.3 is 14.8 Å². The van der Waals surface area contributed by atoms with Crippen LogP contribution < -0.4 is 14.8 Å². The Hall–Kier alpha value is -3.68. The minimum Gasteiger partial charge on any atom is -0.497 e. The van der Waals surface area contributed by atoms with E-state index in [1.54, 1.807) is 31.2 Å². The number of imide groups is 1. The van der Waals surface area contributed by atoms with Crippen LogP contribution in [0.1, 0.15) is 29.8 Å². The van der Waals surface area contributed by atoms with Crippen molar-refractivity contribution < 1.29 is 28.7 Å². The third-order valence-electron chi connectivity index (χ3n) is 4.72. The monoisotopic (exact) mass is 396 g/mol. The summed E-state index contributed by atoms with van der Waals surface area (Å²) in [6, 6.07) is 12.0. The van der Waals surface area contributed by atoms with Gasteiger partial charge in [0.1, 0.15) is 23.6 Å². The van der Waals surface area contributed by atoms with E-state index in [1.165, 1.54) is 38.3 Å². The molecule has 150 valence electrons. The molecule has 1 aliphatic rings. The van der Waals surface area contributed by atoms with Crippen LogP contribution in [0.25, 0.3) is 0 Å². The van der Waals surface area contributed by atoms with Crippen molar-refractivity contribution in [3.05, 3.63) is 59.7 Å². The number of hydrogen-bond donors (Lipinski definition) is 1. The zero-order chi connectivity index (χ0) is 21.2. The molecule has 0 radical (unpaired) electrons. The molecule has 1 atom stereocenters. The molecule has 1 fully saturated rings. The summed E-state index contributed by atoms with van der Waals surface area (Å²) in [4.78, 5) is 49.5. The number of esters is 1. The molecule has 0 unspecified atom stereocenters. The normalized spacial score (nSPS) is 18.4. The van der Waals surface area contributed by atoms with Gasteiger partial charge >= 0.3 is 12.0 Å². The molecule has 8 heteroatoms. The molecule has 3 rings (SSSR count). The van der Waals surface area contributed by atoms with Crippen LogP contribution in [-0.4, -0.2) is 42.2 Å². The summed E-state index contributed by atoms with van der Waals surface area (Å²) in [7, 11) is 1.53. The van der Waals surface area contributed by atoms with Crippen molar-refractivity contribution in [1.82, 2.24) is 10.2 Å². The lowest BCUT2D eigenvalue weighted by Crippen LogP contribution is -2.41. The average molecular weight is 396 g/mol. The summed E-state index contributed by atoms with van der Waals surface area (Å²) in [5.74, 6) is -0.616. The van der Waals surface area contributed by atoms with Gasteiger partial charge in [0.25, 0.3) is 5.91 Å². The second-order valence-electron chi connectivity index (χ2n) is 6.73. The predicted octanol–water partition coefficient (Wildman–Crippen LogP) is 2.27. The average Bonchev–Trinajstić information content (AvgIpc) is 2.92. The third-order valence-corrected chi connectivity index (χ3v) is 4.72. The second-order valence-corrected chi connectivity index (χ2v) is 6.73. The van der Waals surface area contributed by atoms with E-state index in [-0.39, 0.29) is 11.5 Å². The van der Waals surface area contributed by atoms with E-state index in [9.17, 15) is 19.2 Å². The van der Waals surface area contributed by atoms with Crippen LogP contribution >= 0.6 is 0 Å². The van der Waals surface area contributed by atoms with Crippen LogP contribution in [0.15, 0.2) is 48.5 Å². The Morgan fingerprint density at radius 1 is 1.00 bits per heavy atom. The molecule has 1 N–H and O–H groups in total. The van der Waals surface area contributed by atoms with Crippen molar-refractivity contribution in [2.45, 2.75) is 19.4 Å². The highest BCUT2D eigenvalue weighted by atomic mass is 16.5. The van der Waals surface area contributed by atoms with Crippen molar-refractivity contribution in [3.63, 3.8) is 0 Å². The van der Waals surface area contributed by atoms with Crippen LogP contribution in [-0.2, 0) is 15.1 Å². The van der Waals surface area contributed by atoms with Crippen LogP contribution in [0.5, 0.6) is 11.5 Å². The first kappa shape index (κ1) is 20.1. The number of Topliss-reactive ketones (excluding diaryl/α,β-unsaturated/α-hetero) is 1. The van der Waals surface area contributed by atoms with E-state index in [1.807, 2.05) is 0 Å². The maximum atomic E-state index is 12.9. The van der Waals surface area contributed by atoms with Gasteiger partial charge in [0, 0.05) is 5.56 Å². The molecule has 3 amide bonds. The summed E-state index contributed by atoms with van der Waals surface area (Å²) in [5, 5.41) is 2.62. The summed E-state index contributed by atoms with van der Waals surface area (Å²) in [6.07, 6.45) is 0. The van der Waals surface area contributed by atoms with Gasteiger partial charge in [-0.05, 0) is 55.8 Å². The quantitative estimate of drug-likeness (QED) is 0.348. The fraction of sp³-hybridized carbons (Fsp3) is 0.238. The van der Waals surface area contributed by atoms with Crippen molar-refractivity contribution in [1.29, 1.82) is 0 Å². The van der Waals surface area contributed by atoms with Crippen molar-refractivity contribution in [3.8, 4) is 11.5 Å². The van der Waals surface area contributed by atoms with E-state index < -0.39 is 30.0 Å². The van der Waals surface area contributed by atoms with E-state index in [0.29, 0.717) is 16.9 Å². The largest absolute Gasteiger partial charge is 0.497 e. The minimum atomic E-state index is -1.30. The first-order valence-corrected chi connectivity index (χ1v) is 8.85. The zero-order valence-electron chi connectivity index (χ0n) is 16.2. The molecule has 0 aliphatic carbocycles. The van der Waals surface area contributed by atoms with Gasteiger partial charge in [-0.2, -0.15) is 0 Å². The number of amides is 3. The number of ketones is 1. The van der Waals surface area contributed by atoms with E-state index in [2.05, 4.69) is 5.32 Å². The number of nitrogens with one attached hydrogen (secondary N) is 1. The molecule has 0 bridgehead atoms. The van der Waals surface area contributed by atoms with E-state index in [0.717, 1.165) is 4.90 Å². The lowest BCUT2D eigenvalue weighted by atomic mass is 9.92. The van der Waals surface area contributed by atoms with Crippen molar-refractivity contribution >= 4 is 23.7 Å². The molecule has 1 heterocycles. The smallest absolute Gasteiger partial charge is 0.331 e. The summed E-state index contributed by atoms with van der Waals surface area (Å²) < 4.78 is 10.3. The molecular formula is C21H20N2O6. The molecule has 8 nitrogen and oxygen atoms in total. The van der Waals surface area contributed by atoms with Gasteiger partial charge in [-0.25, -0.2) is 9.59 Å². The molecular weight excluding hydrogens is 376 g/mol. The molecule has 0 spiro atoms. The Balaban J connectivity index is 1.70. The zero-order valence-corrected chi connectivity index (χ0v) is 16.2. The highest BCUT2D eigenvalue weighted by Gasteiger charge is 2.49. The number of carbonyl (C=O) groups excluding carboxylic acids is 4. The van der Waals surface area contributed by atoms with Crippen molar-refractivity contribution in [2.24, 2.45) is 0 Å². The number of hydrogen-bond acceptors (Lipinski definition) is 6. The van der Waals surface area contributed by atoms with Crippen LogP contribution in [0.3, 0.4) is 0 Å². The minimum absolute atomic E-state index is 0.111. The molecule has 0 aromatic heterocycles. The lowest BCUT2D eigenvalue weighted by molar-refractivity contribution is -0.140. The maximum Gasteiger partial charge on any atom is 0.331 e.